The van der Waals surface area contributed by atoms with Gasteiger partial charge in [0, 0.05) is 12.5 Å². The van der Waals surface area contributed by atoms with Crippen molar-refractivity contribution in [3.8, 4) is 0 Å². The number of rotatable bonds is 4. The maximum absolute atomic E-state index is 6.06. The van der Waals surface area contributed by atoms with Crippen molar-refractivity contribution in [2.75, 3.05) is 0 Å². The number of fused-ring (bicyclic) bond motifs is 1. The van der Waals surface area contributed by atoms with Gasteiger partial charge >= 0.3 is 0 Å². The lowest BCUT2D eigenvalue weighted by Gasteiger charge is -2.16. The molecule has 0 N–H and O–H groups in total. The molecule has 1 unspecified atom stereocenters. The van der Waals surface area contributed by atoms with Crippen molar-refractivity contribution in [1.29, 1.82) is 0 Å². The summed E-state index contributed by atoms with van der Waals surface area (Å²) in [6.45, 7) is 4.26. The highest BCUT2D eigenvalue weighted by atomic mass is 35.5. The smallest absolute Gasteiger partial charge is 0.125 e. The third-order valence-corrected chi connectivity index (χ3v) is 3.79. The molecule has 0 fully saturated rings. The molecule has 0 bridgehead atoms. The number of halogens is 1. The van der Waals surface area contributed by atoms with E-state index in [0.29, 0.717) is 5.88 Å². The molecule has 0 saturated carbocycles. The Bertz CT molecular complexity index is 715. The minimum absolute atomic E-state index is 0.252. The molecule has 3 nitrogen and oxygen atoms in total. The van der Waals surface area contributed by atoms with Crippen LogP contribution in [-0.2, 0) is 12.3 Å². The summed E-state index contributed by atoms with van der Waals surface area (Å²) in [6.07, 6.45) is 2.54. The number of aryl methyl sites for hydroxylation is 1. The number of hydrogen-bond donors (Lipinski definition) is 0. The van der Waals surface area contributed by atoms with E-state index in [4.69, 9.17) is 16.0 Å². The van der Waals surface area contributed by atoms with Gasteiger partial charge in [-0.2, -0.15) is 0 Å². The number of hydrogen-bond acceptors (Lipinski definition) is 2. The fourth-order valence-corrected chi connectivity index (χ4v) is 2.84. The molecule has 20 heavy (non-hydrogen) atoms. The molecule has 2 aromatic heterocycles. The normalized spacial score (nSPS) is 12.9. The van der Waals surface area contributed by atoms with E-state index in [2.05, 4.69) is 41.6 Å². The zero-order valence-electron chi connectivity index (χ0n) is 11.6. The van der Waals surface area contributed by atoms with Crippen molar-refractivity contribution < 1.29 is 4.42 Å². The Balaban J connectivity index is 2.06. The Morgan fingerprint density at radius 1 is 1.35 bits per heavy atom. The largest absolute Gasteiger partial charge is 0.469 e. The van der Waals surface area contributed by atoms with E-state index >= 15 is 0 Å². The van der Waals surface area contributed by atoms with Gasteiger partial charge in [-0.1, -0.05) is 6.07 Å². The number of alkyl halides is 1. The Hall–Kier alpha value is -1.74. The van der Waals surface area contributed by atoms with Crippen LogP contribution in [0.4, 0.5) is 0 Å². The first kappa shape index (κ1) is 13.3. The number of benzene rings is 1. The van der Waals surface area contributed by atoms with Gasteiger partial charge in [0.1, 0.15) is 11.6 Å². The third kappa shape index (κ3) is 2.34. The maximum atomic E-state index is 6.06. The van der Waals surface area contributed by atoms with Crippen molar-refractivity contribution in [2.24, 2.45) is 0 Å². The number of nitrogens with zero attached hydrogens (tertiary/aromatic N) is 2. The lowest BCUT2D eigenvalue weighted by atomic mass is 10.1. The molecule has 3 rings (SSSR count). The summed E-state index contributed by atoms with van der Waals surface area (Å²) in [6, 6.07) is 10.5. The van der Waals surface area contributed by atoms with Gasteiger partial charge in [0.05, 0.1) is 23.2 Å². The molecule has 0 aliphatic rings. The van der Waals surface area contributed by atoms with Gasteiger partial charge < -0.3 is 8.98 Å². The number of aromatic nitrogens is 2. The van der Waals surface area contributed by atoms with Gasteiger partial charge in [-0.25, -0.2) is 4.98 Å². The summed E-state index contributed by atoms with van der Waals surface area (Å²) in [5.74, 6) is 2.30. The third-order valence-electron chi connectivity index (χ3n) is 3.56. The predicted octanol–water partition coefficient (Wildman–Crippen LogP) is 4.48. The van der Waals surface area contributed by atoms with Gasteiger partial charge in [0.25, 0.3) is 0 Å². The summed E-state index contributed by atoms with van der Waals surface area (Å²) >= 11 is 6.06. The van der Waals surface area contributed by atoms with Crippen molar-refractivity contribution in [3.63, 3.8) is 0 Å². The topological polar surface area (TPSA) is 31.0 Å². The molecule has 0 saturated heterocycles. The molecule has 1 atom stereocenters. The van der Waals surface area contributed by atoms with Crippen LogP contribution in [0.2, 0.25) is 0 Å². The first-order chi connectivity index (χ1) is 9.69. The average molecular weight is 289 g/mol. The van der Waals surface area contributed by atoms with E-state index < -0.39 is 0 Å². The molecule has 0 aliphatic heterocycles. The van der Waals surface area contributed by atoms with Crippen molar-refractivity contribution in [2.45, 2.75) is 32.2 Å². The number of imidazole rings is 1. The molecule has 1 aromatic carbocycles. The average Bonchev–Trinajstić information content (AvgIpc) is 3.04. The molecule has 3 aromatic rings. The monoisotopic (exact) mass is 288 g/mol. The molecule has 2 heterocycles. The predicted molar refractivity (Wildman–Crippen MR) is 81.2 cm³/mol. The van der Waals surface area contributed by atoms with E-state index in [1.165, 1.54) is 5.56 Å². The van der Waals surface area contributed by atoms with Crippen LogP contribution in [0.3, 0.4) is 0 Å². The fraction of sp³-hybridized carbons (Fsp3) is 0.312. The van der Waals surface area contributed by atoms with Gasteiger partial charge in [0.2, 0.25) is 0 Å². The summed E-state index contributed by atoms with van der Waals surface area (Å²) in [7, 11) is 0. The van der Waals surface area contributed by atoms with Gasteiger partial charge in [-0.3, -0.25) is 0 Å². The first-order valence-corrected chi connectivity index (χ1v) is 7.28. The van der Waals surface area contributed by atoms with E-state index in [9.17, 15) is 0 Å². The Morgan fingerprint density at radius 2 is 2.20 bits per heavy atom. The summed E-state index contributed by atoms with van der Waals surface area (Å²) in [4.78, 5) is 4.62. The molecule has 0 aliphatic carbocycles. The minimum Gasteiger partial charge on any atom is -0.469 e. The lowest BCUT2D eigenvalue weighted by Crippen LogP contribution is -2.11. The molecule has 0 radical (unpaired) electrons. The summed E-state index contributed by atoms with van der Waals surface area (Å²) < 4.78 is 7.66. The Kier molecular flexibility index (Phi) is 3.53. The van der Waals surface area contributed by atoms with Gasteiger partial charge in [-0.05, 0) is 43.7 Å². The van der Waals surface area contributed by atoms with Crippen LogP contribution in [0.5, 0.6) is 0 Å². The van der Waals surface area contributed by atoms with E-state index in [0.717, 1.165) is 29.0 Å². The first-order valence-electron chi connectivity index (χ1n) is 6.75. The van der Waals surface area contributed by atoms with Crippen LogP contribution in [-0.4, -0.2) is 9.55 Å². The van der Waals surface area contributed by atoms with E-state index in [-0.39, 0.29) is 6.04 Å². The highest BCUT2D eigenvalue weighted by Crippen LogP contribution is 2.25. The molecule has 0 spiro atoms. The Morgan fingerprint density at radius 3 is 2.90 bits per heavy atom. The van der Waals surface area contributed by atoms with Crippen LogP contribution in [0.15, 0.2) is 41.0 Å². The van der Waals surface area contributed by atoms with Crippen LogP contribution >= 0.6 is 11.6 Å². The second kappa shape index (κ2) is 5.33. The molecular formula is C16H17ClN2O. The molecular weight excluding hydrogens is 272 g/mol. The molecule has 104 valence electrons. The SMILES string of the molecule is Cc1ccc2nc(CCl)n(C(C)Cc3ccco3)c2c1. The highest BCUT2D eigenvalue weighted by molar-refractivity contribution is 6.16. The van der Waals surface area contributed by atoms with Crippen LogP contribution in [0, 0.1) is 6.92 Å². The minimum atomic E-state index is 0.252. The highest BCUT2D eigenvalue weighted by Gasteiger charge is 2.16. The van der Waals surface area contributed by atoms with Crippen LogP contribution in [0.1, 0.15) is 30.1 Å². The van der Waals surface area contributed by atoms with Gasteiger partial charge in [0.15, 0.2) is 0 Å². The molecule has 4 heteroatoms. The zero-order chi connectivity index (χ0) is 14.1. The Labute approximate surface area is 123 Å². The molecule has 0 amide bonds. The fourth-order valence-electron chi connectivity index (χ4n) is 2.65. The summed E-state index contributed by atoms with van der Waals surface area (Å²) in [5.41, 5.74) is 3.36. The van der Waals surface area contributed by atoms with E-state index in [1.54, 1.807) is 6.26 Å². The van der Waals surface area contributed by atoms with Gasteiger partial charge in [-0.15, -0.1) is 11.6 Å². The zero-order valence-corrected chi connectivity index (χ0v) is 12.4. The quantitative estimate of drug-likeness (QED) is 0.663. The second-order valence-electron chi connectivity index (χ2n) is 5.16. The standard InChI is InChI=1S/C16H17ClN2O/c1-11-5-6-14-15(8-11)19(16(10-17)18-14)12(2)9-13-4-3-7-20-13/h3-8,12H,9-10H2,1-2H3. The lowest BCUT2D eigenvalue weighted by molar-refractivity contribution is 0.449. The van der Waals surface area contributed by atoms with Crippen molar-refractivity contribution in [1.82, 2.24) is 9.55 Å². The second-order valence-corrected chi connectivity index (χ2v) is 5.42. The van der Waals surface area contributed by atoms with Crippen molar-refractivity contribution >= 4 is 22.6 Å². The van der Waals surface area contributed by atoms with Crippen molar-refractivity contribution in [3.05, 3.63) is 53.7 Å². The van der Waals surface area contributed by atoms with Crippen LogP contribution < -0.4 is 0 Å². The van der Waals surface area contributed by atoms with E-state index in [1.807, 2.05) is 12.1 Å². The maximum Gasteiger partial charge on any atom is 0.125 e. The van der Waals surface area contributed by atoms with Crippen LogP contribution in [0.25, 0.3) is 11.0 Å². The number of furan rings is 1. The summed E-state index contributed by atoms with van der Waals surface area (Å²) in [5, 5.41) is 0.